The molecule has 0 radical (unpaired) electrons. The van der Waals surface area contributed by atoms with Crippen LogP contribution in [0.1, 0.15) is 25.5 Å². The van der Waals surface area contributed by atoms with Crippen molar-refractivity contribution in [2.75, 3.05) is 59.7 Å². The lowest BCUT2D eigenvalue weighted by Gasteiger charge is -2.17. The first-order valence-electron chi connectivity index (χ1n) is 10.5. The topological polar surface area (TPSA) is 88.1 Å². The van der Waals surface area contributed by atoms with Gasteiger partial charge in [-0.1, -0.05) is 6.07 Å². The number of nitrogens with one attached hydrogen (secondary N) is 2. The summed E-state index contributed by atoms with van der Waals surface area (Å²) in [5, 5.41) is 6.43. The van der Waals surface area contributed by atoms with E-state index in [1.54, 1.807) is 18.1 Å². The summed E-state index contributed by atoms with van der Waals surface area (Å²) in [6.45, 7) is 7.39. The highest BCUT2D eigenvalue weighted by molar-refractivity contribution is 5.84. The monoisotopic (exact) mass is 405 g/mol. The van der Waals surface area contributed by atoms with Gasteiger partial charge in [-0.2, -0.15) is 0 Å². The molecule has 1 fully saturated rings. The molecular weight excluding hydrogens is 370 g/mol. The number of guanidine groups is 1. The van der Waals surface area contributed by atoms with E-state index in [-0.39, 0.29) is 12.5 Å². The molecule has 1 aliphatic rings. The van der Waals surface area contributed by atoms with E-state index in [4.69, 9.17) is 9.47 Å². The van der Waals surface area contributed by atoms with Gasteiger partial charge in [0.05, 0.1) is 13.2 Å². The number of rotatable bonds is 12. The largest absolute Gasteiger partial charge is 0.381 e. The van der Waals surface area contributed by atoms with Crippen LogP contribution in [-0.2, 0) is 20.7 Å². The van der Waals surface area contributed by atoms with Crippen molar-refractivity contribution in [3.63, 3.8) is 0 Å². The van der Waals surface area contributed by atoms with Gasteiger partial charge in [0.25, 0.3) is 0 Å². The van der Waals surface area contributed by atoms with Gasteiger partial charge in [0, 0.05) is 64.1 Å². The highest BCUT2D eigenvalue weighted by Gasteiger charge is 2.15. The molecule has 2 rings (SSSR count). The Bertz CT molecular complexity index is 606. The van der Waals surface area contributed by atoms with Gasteiger partial charge in [-0.3, -0.25) is 9.78 Å². The lowest BCUT2D eigenvalue weighted by atomic mass is 10.1. The predicted molar refractivity (Wildman–Crippen MR) is 114 cm³/mol. The third-order valence-electron chi connectivity index (χ3n) is 4.71. The third kappa shape index (κ3) is 9.71. The van der Waals surface area contributed by atoms with E-state index in [1.807, 2.05) is 25.1 Å². The van der Waals surface area contributed by atoms with Gasteiger partial charge >= 0.3 is 0 Å². The van der Waals surface area contributed by atoms with E-state index in [9.17, 15) is 4.79 Å². The van der Waals surface area contributed by atoms with E-state index < -0.39 is 0 Å². The average Bonchev–Trinajstić information content (AvgIpc) is 3.26. The van der Waals surface area contributed by atoms with Crippen molar-refractivity contribution in [2.24, 2.45) is 10.9 Å². The molecule has 1 unspecified atom stereocenters. The van der Waals surface area contributed by atoms with Gasteiger partial charge < -0.3 is 25.0 Å². The number of hydrogen-bond acceptors (Lipinski definition) is 5. The van der Waals surface area contributed by atoms with Crippen molar-refractivity contribution in [3.8, 4) is 0 Å². The van der Waals surface area contributed by atoms with Crippen molar-refractivity contribution in [1.29, 1.82) is 0 Å². The molecule has 2 heterocycles. The fourth-order valence-corrected chi connectivity index (χ4v) is 2.91. The molecule has 8 heteroatoms. The summed E-state index contributed by atoms with van der Waals surface area (Å²) in [6, 6.07) is 5.81. The fourth-order valence-electron chi connectivity index (χ4n) is 2.91. The van der Waals surface area contributed by atoms with Crippen LogP contribution in [0.5, 0.6) is 0 Å². The van der Waals surface area contributed by atoms with Crippen LogP contribution in [0.15, 0.2) is 29.4 Å². The Labute approximate surface area is 174 Å². The molecule has 0 spiro atoms. The Morgan fingerprint density at radius 2 is 2.31 bits per heavy atom. The molecule has 29 heavy (non-hydrogen) atoms. The Balaban J connectivity index is 1.62. The Morgan fingerprint density at radius 1 is 1.41 bits per heavy atom. The van der Waals surface area contributed by atoms with Crippen LogP contribution in [0.25, 0.3) is 0 Å². The number of nitrogens with zero attached hydrogens (tertiary/aromatic N) is 3. The van der Waals surface area contributed by atoms with Gasteiger partial charge in [-0.05, 0) is 31.9 Å². The zero-order chi connectivity index (χ0) is 20.7. The minimum Gasteiger partial charge on any atom is -0.381 e. The molecule has 0 aliphatic carbocycles. The second-order valence-corrected chi connectivity index (χ2v) is 7.17. The van der Waals surface area contributed by atoms with Gasteiger partial charge in [-0.25, -0.2) is 4.99 Å². The van der Waals surface area contributed by atoms with Gasteiger partial charge in [0.2, 0.25) is 5.91 Å². The number of hydrogen-bond donors (Lipinski definition) is 2. The van der Waals surface area contributed by atoms with Crippen molar-refractivity contribution in [3.05, 3.63) is 30.1 Å². The van der Waals surface area contributed by atoms with E-state index in [0.717, 1.165) is 57.9 Å². The summed E-state index contributed by atoms with van der Waals surface area (Å²) in [5.41, 5.74) is 0.980. The molecule has 8 nitrogen and oxygen atoms in total. The summed E-state index contributed by atoms with van der Waals surface area (Å²) in [4.78, 5) is 22.7. The number of carbonyl (C=O) groups is 1. The fraction of sp³-hybridized carbons (Fsp3) is 0.667. The number of pyridine rings is 1. The summed E-state index contributed by atoms with van der Waals surface area (Å²) >= 11 is 0. The summed E-state index contributed by atoms with van der Waals surface area (Å²) in [5.74, 6) is 1.19. The van der Waals surface area contributed by atoms with Crippen LogP contribution in [0, 0.1) is 5.92 Å². The Morgan fingerprint density at radius 3 is 3.03 bits per heavy atom. The highest BCUT2D eigenvalue weighted by Crippen LogP contribution is 2.12. The zero-order valence-electron chi connectivity index (χ0n) is 17.7. The smallest absolute Gasteiger partial charge is 0.244 e. The molecule has 1 amide bonds. The van der Waals surface area contributed by atoms with Crippen LogP contribution in [0.4, 0.5) is 0 Å². The molecule has 0 aromatic carbocycles. The van der Waals surface area contributed by atoms with Crippen LogP contribution in [-0.4, -0.2) is 81.4 Å². The first kappa shape index (κ1) is 23.1. The third-order valence-corrected chi connectivity index (χ3v) is 4.71. The van der Waals surface area contributed by atoms with Gasteiger partial charge in [-0.15, -0.1) is 0 Å². The Hall–Kier alpha value is -2.19. The normalized spacial score (nSPS) is 16.6. The molecule has 1 aliphatic heterocycles. The highest BCUT2D eigenvalue weighted by atomic mass is 16.5. The van der Waals surface area contributed by atoms with Crippen molar-refractivity contribution in [1.82, 2.24) is 20.5 Å². The summed E-state index contributed by atoms with van der Waals surface area (Å²) in [6.07, 6.45) is 4.48. The first-order chi connectivity index (χ1) is 14.2. The molecular formula is C21H35N5O3. The summed E-state index contributed by atoms with van der Waals surface area (Å²) < 4.78 is 11.1. The standard InChI is InChI=1S/C21H35N5O3/c1-3-22-21(24-11-6-13-28-16-18-9-14-29-17-18)25-15-20(27)26(2)12-8-19-7-4-5-10-23-19/h4-5,7,10,18H,3,6,8-9,11-17H2,1-2H3,(H2,22,24,25). The molecule has 0 bridgehead atoms. The van der Waals surface area contributed by atoms with Crippen molar-refractivity contribution < 1.29 is 14.3 Å². The average molecular weight is 406 g/mol. The maximum atomic E-state index is 12.3. The predicted octanol–water partition coefficient (Wildman–Crippen LogP) is 1.08. The molecule has 1 atom stereocenters. The summed E-state index contributed by atoms with van der Waals surface area (Å²) in [7, 11) is 1.80. The van der Waals surface area contributed by atoms with E-state index in [2.05, 4.69) is 20.6 Å². The first-order valence-corrected chi connectivity index (χ1v) is 10.5. The number of aromatic nitrogens is 1. The molecule has 1 aromatic heterocycles. The van der Waals surface area contributed by atoms with Crippen molar-refractivity contribution >= 4 is 11.9 Å². The van der Waals surface area contributed by atoms with Gasteiger partial charge in [0.15, 0.2) is 5.96 Å². The number of aliphatic imine (C=N–C) groups is 1. The maximum absolute atomic E-state index is 12.3. The van der Waals surface area contributed by atoms with Crippen molar-refractivity contribution in [2.45, 2.75) is 26.2 Å². The zero-order valence-corrected chi connectivity index (χ0v) is 17.7. The number of ether oxygens (including phenoxy) is 2. The second-order valence-electron chi connectivity index (χ2n) is 7.17. The lowest BCUT2D eigenvalue weighted by molar-refractivity contribution is -0.128. The molecule has 162 valence electrons. The maximum Gasteiger partial charge on any atom is 0.244 e. The molecule has 1 saturated heterocycles. The van der Waals surface area contributed by atoms with E-state index in [1.165, 1.54) is 0 Å². The Kier molecular flexibility index (Phi) is 11.1. The number of amides is 1. The second kappa shape index (κ2) is 13.9. The van der Waals surface area contributed by atoms with Crippen LogP contribution in [0.3, 0.4) is 0 Å². The number of likely N-dealkylation sites (N-methyl/N-ethyl adjacent to an activating group) is 1. The van der Waals surface area contributed by atoms with Crippen LogP contribution >= 0.6 is 0 Å². The molecule has 1 aromatic rings. The quantitative estimate of drug-likeness (QED) is 0.307. The van der Waals surface area contributed by atoms with E-state index >= 15 is 0 Å². The van der Waals surface area contributed by atoms with E-state index in [0.29, 0.717) is 25.0 Å². The molecule has 2 N–H and O–H groups in total. The SMILES string of the molecule is CCNC(=NCC(=O)N(C)CCc1ccccn1)NCCCOCC1CCOC1. The van der Waals surface area contributed by atoms with Gasteiger partial charge in [0.1, 0.15) is 6.54 Å². The number of carbonyl (C=O) groups excluding carboxylic acids is 1. The van der Waals surface area contributed by atoms with Crippen LogP contribution < -0.4 is 10.6 Å². The molecule has 0 saturated carbocycles. The lowest BCUT2D eigenvalue weighted by Crippen LogP contribution is -2.39. The minimum absolute atomic E-state index is 0.0137. The van der Waals surface area contributed by atoms with Crippen LogP contribution in [0.2, 0.25) is 0 Å². The minimum atomic E-state index is -0.0137.